The third-order valence-electron chi connectivity index (χ3n) is 4.01. The average molecular weight is 247 g/mol. The monoisotopic (exact) mass is 247 g/mol. The second-order valence-electron chi connectivity index (χ2n) is 5.18. The Morgan fingerprint density at radius 2 is 1.74 bits per heavy atom. The van der Waals surface area contributed by atoms with Crippen molar-refractivity contribution in [1.29, 1.82) is 0 Å². The smallest absolute Gasteiger partial charge is 0.196 e. The first-order valence-corrected chi connectivity index (χ1v) is 6.41. The molecular weight excluding hydrogens is 234 g/mol. The minimum absolute atomic E-state index is 0.153. The number of carbonyl (C=O) groups excluding carboxylic acids is 1. The van der Waals surface area contributed by atoms with E-state index in [2.05, 4.69) is 29.7 Å². The number of ketones is 1. The zero-order valence-electron chi connectivity index (χ0n) is 10.9. The summed E-state index contributed by atoms with van der Waals surface area (Å²) >= 11 is 0. The molecule has 0 amide bonds. The fourth-order valence-corrected chi connectivity index (χ4v) is 3.11. The van der Waals surface area contributed by atoms with Crippen molar-refractivity contribution < 1.29 is 4.79 Å². The molecule has 1 aliphatic rings. The van der Waals surface area contributed by atoms with Crippen LogP contribution < -0.4 is 0 Å². The molecule has 0 aliphatic heterocycles. The summed E-state index contributed by atoms with van der Waals surface area (Å²) in [5.74, 6) is 0.153. The highest BCUT2D eigenvalue weighted by molar-refractivity contribution is 6.27. The molecule has 0 atom stereocenters. The van der Waals surface area contributed by atoms with Crippen molar-refractivity contribution >= 4 is 16.7 Å². The maximum Gasteiger partial charge on any atom is 0.196 e. The van der Waals surface area contributed by atoms with Gasteiger partial charge in [-0.15, -0.1) is 0 Å². The van der Waals surface area contributed by atoms with E-state index < -0.39 is 0 Å². The van der Waals surface area contributed by atoms with E-state index in [0.29, 0.717) is 0 Å². The van der Waals surface area contributed by atoms with Crippen LogP contribution in [0.2, 0.25) is 0 Å². The van der Waals surface area contributed by atoms with Crippen LogP contribution in [-0.4, -0.2) is 10.4 Å². The normalized spacial score (nSPS) is 12.8. The number of hydrogen-bond acceptors (Lipinski definition) is 1. The molecule has 92 valence electrons. The number of benzene rings is 2. The van der Waals surface area contributed by atoms with Gasteiger partial charge < -0.3 is 4.57 Å². The first-order chi connectivity index (χ1) is 9.18. The first kappa shape index (κ1) is 10.6. The Morgan fingerprint density at radius 1 is 1.00 bits per heavy atom. The molecule has 1 heterocycles. The van der Waals surface area contributed by atoms with Gasteiger partial charge in [0.2, 0.25) is 0 Å². The van der Waals surface area contributed by atoms with E-state index in [4.69, 9.17) is 0 Å². The lowest BCUT2D eigenvalue weighted by atomic mass is 10.1. The molecule has 2 nitrogen and oxygen atoms in total. The van der Waals surface area contributed by atoms with Gasteiger partial charge in [0, 0.05) is 29.1 Å². The number of rotatable bonds is 0. The highest BCUT2D eigenvalue weighted by Crippen LogP contribution is 2.42. The standard InChI is InChI=1S/C17H13NO/c1-10-7-8-13-14(9-10)18(2)16-11-5-3-4-6-12(11)17(19)15(13)16/h3-9H,1-2H3. The Labute approximate surface area is 111 Å². The number of aryl methyl sites for hydroxylation is 2. The summed E-state index contributed by atoms with van der Waals surface area (Å²) < 4.78 is 2.14. The highest BCUT2D eigenvalue weighted by atomic mass is 16.1. The summed E-state index contributed by atoms with van der Waals surface area (Å²) in [5, 5.41) is 1.06. The summed E-state index contributed by atoms with van der Waals surface area (Å²) in [6.45, 7) is 2.08. The average Bonchev–Trinajstić information content (AvgIpc) is 2.87. The van der Waals surface area contributed by atoms with Gasteiger partial charge in [-0.3, -0.25) is 4.79 Å². The van der Waals surface area contributed by atoms with Crippen LogP contribution in [0.1, 0.15) is 21.5 Å². The Hall–Kier alpha value is -2.35. The molecule has 0 bridgehead atoms. The highest BCUT2D eigenvalue weighted by Gasteiger charge is 2.31. The molecule has 2 aromatic carbocycles. The molecule has 0 spiro atoms. The Balaban J connectivity index is 2.21. The number of nitrogens with zero attached hydrogens (tertiary/aromatic N) is 1. The van der Waals surface area contributed by atoms with E-state index in [-0.39, 0.29) is 5.78 Å². The van der Waals surface area contributed by atoms with Crippen molar-refractivity contribution in [2.24, 2.45) is 7.05 Å². The largest absolute Gasteiger partial charge is 0.343 e. The fourth-order valence-electron chi connectivity index (χ4n) is 3.11. The van der Waals surface area contributed by atoms with E-state index in [1.165, 1.54) is 5.56 Å². The van der Waals surface area contributed by atoms with Crippen LogP contribution in [0.3, 0.4) is 0 Å². The molecule has 3 aromatic rings. The van der Waals surface area contributed by atoms with Gasteiger partial charge in [0.15, 0.2) is 5.78 Å². The number of carbonyl (C=O) groups is 1. The van der Waals surface area contributed by atoms with E-state index >= 15 is 0 Å². The maximum atomic E-state index is 12.6. The van der Waals surface area contributed by atoms with Crippen LogP contribution in [0.5, 0.6) is 0 Å². The summed E-state index contributed by atoms with van der Waals surface area (Å²) in [4.78, 5) is 12.6. The lowest BCUT2D eigenvalue weighted by Crippen LogP contribution is -1.94. The molecule has 0 saturated heterocycles. The zero-order valence-corrected chi connectivity index (χ0v) is 10.9. The molecular formula is C17H13NO. The topological polar surface area (TPSA) is 22.0 Å². The molecule has 0 unspecified atom stereocenters. The Morgan fingerprint density at radius 3 is 2.53 bits per heavy atom. The summed E-state index contributed by atoms with van der Waals surface area (Å²) in [7, 11) is 2.04. The molecule has 0 radical (unpaired) electrons. The van der Waals surface area contributed by atoms with Crippen molar-refractivity contribution in [3.8, 4) is 11.3 Å². The lowest BCUT2D eigenvalue weighted by Gasteiger charge is -2.04. The van der Waals surface area contributed by atoms with Crippen molar-refractivity contribution in [3.05, 3.63) is 59.2 Å². The van der Waals surface area contributed by atoms with E-state index in [9.17, 15) is 4.79 Å². The number of fused-ring (bicyclic) bond motifs is 5. The molecule has 1 aromatic heterocycles. The molecule has 0 N–H and O–H groups in total. The van der Waals surface area contributed by atoms with Gasteiger partial charge in [-0.2, -0.15) is 0 Å². The SMILES string of the molecule is Cc1ccc2c3c(n(C)c2c1)-c1ccccc1C3=O. The van der Waals surface area contributed by atoms with Gasteiger partial charge in [0.05, 0.1) is 11.3 Å². The fraction of sp³-hybridized carbons (Fsp3) is 0.118. The molecule has 0 fully saturated rings. The van der Waals surface area contributed by atoms with Gasteiger partial charge in [0.25, 0.3) is 0 Å². The quantitative estimate of drug-likeness (QED) is 0.464. The number of aromatic nitrogens is 1. The molecule has 0 saturated carbocycles. The van der Waals surface area contributed by atoms with Crippen LogP contribution in [0.25, 0.3) is 22.2 Å². The second-order valence-corrected chi connectivity index (χ2v) is 5.18. The van der Waals surface area contributed by atoms with Gasteiger partial charge in [-0.05, 0) is 18.6 Å². The summed E-state index contributed by atoms with van der Waals surface area (Å²) in [6, 6.07) is 14.1. The van der Waals surface area contributed by atoms with Crippen molar-refractivity contribution in [2.45, 2.75) is 6.92 Å². The molecule has 1 aliphatic carbocycles. The van der Waals surface area contributed by atoms with E-state index in [1.54, 1.807) is 0 Å². The van der Waals surface area contributed by atoms with Gasteiger partial charge in [-0.25, -0.2) is 0 Å². The third-order valence-corrected chi connectivity index (χ3v) is 4.01. The summed E-state index contributed by atoms with van der Waals surface area (Å²) in [6.07, 6.45) is 0. The third kappa shape index (κ3) is 1.18. The Kier molecular flexibility index (Phi) is 1.86. The van der Waals surface area contributed by atoms with Crippen LogP contribution in [0.15, 0.2) is 42.5 Å². The van der Waals surface area contributed by atoms with Crippen LogP contribution >= 0.6 is 0 Å². The van der Waals surface area contributed by atoms with Gasteiger partial charge in [0.1, 0.15) is 0 Å². The molecule has 4 rings (SSSR count). The van der Waals surface area contributed by atoms with Crippen LogP contribution in [0.4, 0.5) is 0 Å². The van der Waals surface area contributed by atoms with Crippen LogP contribution in [0, 0.1) is 6.92 Å². The second kappa shape index (κ2) is 3.35. The predicted molar refractivity (Wildman–Crippen MR) is 76.5 cm³/mol. The van der Waals surface area contributed by atoms with Gasteiger partial charge in [-0.1, -0.05) is 36.4 Å². The Bertz CT molecular complexity index is 855. The predicted octanol–water partition coefficient (Wildman–Crippen LogP) is 3.70. The van der Waals surface area contributed by atoms with Gasteiger partial charge >= 0.3 is 0 Å². The molecule has 2 heteroatoms. The lowest BCUT2D eigenvalue weighted by molar-refractivity contribution is 0.104. The van der Waals surface area contributed by atoms with Crippen molar-refractivity contribution in [3.63, 3.8) is 0 Å². The molecule has 19 heavy (non-hydrogen) atoms. The zero-order chi connectivity index (χ0) is 13.1. The van der Waals surface area contributed by atoms with E-state index in [0.717, 1.165) is 33.3 Å². The van der Waals surface area contributed by atoms with E-state index in [1.807, 2.05) is 31.3 Å². The minimum atomic E-state index is 0.153. The summed E-state index contributed by atoms with van der Waals surface area (Å²) in [5.41, 5.74) is 6.14. The van der Waals surface area contributed by atoms with Crippen molar-refractivity contribution in [1.82, 2.24) is 4.57 Å². The number of hydrogen-bond donors (Lipinski definition) is 0. The first-order valence-electron chi connectivity index (χ1n) is 6.41. The van der Waals surface area contributed by atoms with Crippen molar-refractivity contribution in [2.75, 3.05) is 0 Å². The van der Waals surface area contributed by atoms with Crippen LogP contribution in [-0.2, 0) is 7.05 Å². The maximum absolute atomic E-state index is 12.6. The minimum Gasteiger partial charge on any atom is -0.343 e.